The Morgan fingerprint density at radius 3 is 2.96 bits per heavy atom. The molecule has 2 fully saturated rings. The van der Waals surface area contributed by atoms with Crippen LogP contribution in [0.5, 0.6) is 0 Å². The monoisotopic (exact) mass is 466 g/mol. The van der Waals surface area contributed by atoms with Crippen LogP contribution >= 0.6 is 47.1 Å². The molecule has 23 heavy (non-hydrogen) atoms. The van der Waals surface area contributed by atoms with Crippen molar-refractivity contribution < 1.29 is 0 Å². The van der Waals surface area contributed by atoms with Gasteiger partial charge in [0.2, 0.25) is 0 Å². The zero-order chi connectivity index (χ0) is 15.3. The number of guanidine groups is 1. The van der Waals surface area contributed by atoms with E-state index in [1.807, 2.05) is 23.3 Å². The number of hydrogen-bond acceptors (Lipinski definition) is 4. The Bertz CT molecular complexity index is 488. The minimum absolute atomic E-state index is 0. The summed E-state index contributed by atoms with van der Waals surface area (Å²) in [6.45, 7) is 6.41. The third-order valence-corrected chi connectivity index (χ3v) is 6.74. The number of aromatic nitrogens is 1. The van der Waals surface area contributed by atoms with Crippen LogP contribution in [0.1, 0.15) is 39.0 Å². The van der Waals surface area contributed by atoms with Crippen LogP contribution < -0.4 is 5.32 Å². The summed E-state index contributed by atoms with van der Waals surface area (Å²) >= 11 is 3.56. The summed E-state index contributed by atoms with van der Waals surface area (Å²) in [6.07, 6.45) is 8.61. The van der Waals surface area contributed by atoms with Crippen LogP contribution in [0.3, 0.4) is 0 Å². The Balaban J connectivity index is 0.00000192. The summed E-state index contributed by atoms with van der Waals surface area (Å²) in [5.74, 6) is 2.23. The van der Waals surface area contributed by atoms with Crippen molar-refractivity contribution in [2.24, 2.45) is 10.4 Å². The van der Waals surface area contributed by atoms with Crippen LogP contribution in [0.25, 0.3) is 0 Å². The van der Waals surface area contributed by atoms with Gasteiger partial charge in [0, 0.05) is 43.5 Å². The molecule has 3 rings (SSSR count). The molecule has 1 aliphatic carbocycles. The molecule has 1 saturated heterocycles. The maximum atomic E-state index is 4.84. The molecule has 0 bridgehead atoms. The standard InChI is InChI=1S/C16H26N4S2.HI/c1-2-17-14(20-10-7-16(13-20)5-3-6-16)18-8-4-11-21-15-19-9-12-22-15;/h9,12H,2-8,10-11,13H2,1H3,(H,17,18);1H. The maximum absolute atomic E-state index is 4.84. The Morgan fingerprint density at radius 1 is 1.48 bits per heavy atom. The van der Waals surface area contributed by atoms with E-state index in [1.54, 1.807) is 11.3 Å². The predicted octanol–water partition coefficient (Wildman–Crippen LogP) is 4.08. The van der Waals surface area contributed by atoms with Gasteiger partial charge in [0.25, 0.3) is 0 Å². The fraction of sp³-hybridized carbons (Fsp3) is 0.750. The first-order valence-electron chi connectivity index (χ1n) is 8.37. The molecule has 0 aromatic carbocycles. The normalized spacial score (nSPS) is 19.5. The highest BCUT2D eigenvalue weighted by molar-refractivity contribution is 14.0. The van der Waals surface area contributed by atoms with Gasteiger partial charge in [-0.25, -0.2) is 4.98 Å². The number of halogens is 1. The van der Waals surface area contributed by atoms with E-state index in [0.29, 0.717) is 5.41 Å². The van der Waals surface area contributed by atoms with Crippen molar-refractivity contribution in [1.29, 1.82) is 0 Å². The maximum Gasteiger partial charge on any atom is 0.193 e. The second-order valence-corrected chi connectivity index (χ2v) is 8.50. The van der Waals surface area contributed by atoms with Gasteiger partial charge in [-0.15, -0.1) is 35.3 Å². The molecule has 1 spiro atoms. The van der Waals surface area contributed by atoms with Crippen molar-refractivity contribution in [2.75, 3.05) is 31.9 Å². The lowest BCUT2D eigenvalue weighted by Crippen LogP contribution is -2.42. The van der Waals surface area contributed by atoms with Gasteiger partial charge in [-0.2, -0.15) is 0 Å². The van der Waals surface area contributed by atoms with Crippen LogP contribution in [0.2, 0.25) is 0 Å². The van der Waals surface area contributed by atoms with Gasteiger partial charge in [0.05, 0.1) is 0 Å². The molecule has 1 saturated carbocycles. The van der Waals surface area contributed by atoms with E-state index in [9.17, 15) is 0 Å². The number of likely N-dealkylation sites (tertiary alicyclic amines) is 1. The third-order valence-electron chi connectivity index (χ3n) is 4.69. The van der Waals surface area contributed by atoms with Gasteiger partial charge in [0.1, 0.15) is 4.34 Å². The van der Waals surface area contributed by atoms with Crippen molar-refractivity contribution in [2.45, 2.75) is 43.4 Å². The lowest BCUT2D eigenvalue weighted by molar-refractivity contribution is 0.151. The SMILES string of the molecule is CCNC(=NCCCSc1nccs1)N1CCC2(CCC2)C1.I. The van der Waals surface area contributed by atoms with E-state index in [4.69, 9.17) is 4.99 Å². The molecule has 4 nitrogen and oxygen atoms in total. The molecule has 1 aliphatic heterocycles. The zero-order valence-corrected chi connectivity index (χ0v) is 17.8. The largest absolute Gasteiger partial charge is 0.357 e. The highest BCUT2D eigenvalue weighted by atomic mass is 127. The average molecular weight is 466 g/mol. The predicted molar refractivity (Wildman–Crippen MR) is 111 cm³/mol. The first kappa shape index (κ1) is 19.3. The topological polar surface area (TPSA) is 40.5 Å². The molecule has 0 atom stereocenters. The van der Waals surface area contributed by atoms with Gasteiger partial charge in [0.15, 0.2) is 5.96 Å². The number of hydrogen-bond donors (Lipinski definition) is 1. The van der Waals surface area contributed by atoms with E-state index in [2.05, 4.69) is 22.1 Å². The molecule has 130 valence electrons. The summed E-state index contributed by atoms with van der Waals surface area (Å²) in [5.41, 5.74) is 0.636. The number of nitrogens with zero attached hydrogens (tertiary/aromatic N) is 3. The van der Waals surface area contributed by atoms with Gasteiger partial charge < -0.3 is 10.2 Å². The molecular formula is C16H27IN4S2. The second kappa shape index (κ2) is 9.46. The summed E-state index contributed by atoms with van der Waals surface area (Å²) in [4.78, 5) is 11.6. The van der Waals surface area contributed by atoms with Crippen molar-refractivity contribution in [3.8, 4) is 0 Å². The molecule has 1 aromatic rings. The van der Waals surface area contributed by atoms with Crippen molar-refractivity contribution in [3.05, 3.63) is 11.6 Å². The zero-order valence-electron chi connectivity index (χ0n) is 13.8. The molecule has 0 radical (unpaired) electrons. The minimum Gasteiger partial charge on any atom is -0.357 e. The van der Waals surface area contributed by atoms with Crippen LogP contribution in [-0.2, 0) is 0 Å². The Hall–Kier alpha value is -0.0200. The Morgan fingerprint density at radius 2 is 2.35 bits per heavy atom. The molecular weight excluding hydrogens is 439 g/mol. The summed E-state index contributed by atoms with van der Waals surface area (Å²) in [5, 5.41) is 5.51. The third kappa shape index (κ3) is 5.22. The average Bonchev–Trinajstić information content (AvgIpc) is 3.14. The van der Waals surface area contributed by atoms with Gasteiger partial charge in [-0.1, -0.05) is 18.2 Å². The van der Waals surface area contributed by atoms with E-state index in [-0.39, 0.29) is 24.0 Å². The summed E-state index contributed by atoms with van der Waals surface area (Å²) in [7, 11) is 0. The highest BCUT2D eigenvalue weighted by Gasteiger charge is 2.43. The first-order chi connectivity index (χ1) is 10.8. The molecule has 7 heteroatoms. The van der Waals surface area contributed by atoms with Crippen LogP contribution in [-0.4, -0.2) is 47.8 Å². The molecule has 1 N–H and O–H groups in total. The van der Waals surface area contributed by atoms with E-state index < -0.39 is 0 Å². The summed E-state index contributed by atoms with van der Waals surface area (Å²) < 4.78 is 1.17. The Kier molecular flexibility index (Phi) is 7.94. The minimum atomic E-state index is 0. The van der Waals surface area contributed by atoms with Crippen LogP contribution in [0.4, 0.5) is 0 Å². The number of aliphatic imine (C=N–C) groups is 1. The van der Waals surface area contributed by atoms with E-state index in [1.165, 1.54) is 43.1 Å². The van der Waals surface area contributed by atoms with Gasteiger partial charge in [-0.05, 0) is 38.0 Å². The van der Waals surface area contributed by atoms with E-state index >= 15 is 0 Å². The van der Waals surface area contributed by atoms with Crippen molar-refractivity contribution in [1.82, 2.24) is 15.2 Å². The highest BCUT2D eigenvalue weighted by Crippen LogP contribution is 2.47. The van der Waals surface area contributed by atoms with E-state index in [0.717, 1.165) is 31.2 Å². The quantitative estimate of drug-likeness (QED) is 0.226. The summed E-state index contributed by atoms with van der Waals surface area (Å²) in [6, 6.07) is 0. The van der Waals surface area contributed by atoms with Crippen molar-refractivity contribution in [3.63, 3.8) is 0 Å². The lowest BCUT2D eigenvalue weighted by Gasteiger charge is -2.38. The number of nitrogens with one attached hydrogen (secondary N) is 1. The number of thiazole rings is 1. The smallest absolute Gasteiger partial charge is 0.193 e. The molecule has 2 aliphatic rings. The lowest BCUT2D eigenvalue weighted by atomic mass is 9.68. The van der Waals surface area contributed by atoms with Crippen LogP contribution in [0, 0.1) is 5.41 Å². The molecule has 2 heterocycles. The second-order valence-electron chi connectivity index (χ2n) is 6.26. The molecule has 0 amide bonds. The fourth-order valence-corrected chi connectivity index (χ4v) is 4.95. The molecule has 1 aromatic heterocycles. The Labute approximate surface area is 164 Å². The van der Waals surface area contributed by atoms with Crippen molar-refractivity contribution >= 4 is 53.0 Å². The number of rotatable bonds is 6. The fourth-order valence-electron chi connectivity index (χ4n) is 3.32. The van der Waals surface area contributed by atoms with Gasteiger partial charge in [-0.3, -0.25) is 4.99 Å². The number of thioether (sulfide) groups is 1. The van der Waals surface area contributed by atoms with Gasteiger partial charge >= 0.3 is 0 Å². The molecule has 0 unspecified atom stereocenters. The van der Waals surface area contributed by atoms with Crippen LogP contribution in [0.15, 0.2) is 20.9 Å². The first-order valence-corrected chi connectivity index (χ1v) is 10.2.